The number of hydrogen-bond donors (Lipinski definition) is 2. The molecule has 1 unspecified atom stereocenters. The predicted octanol–water partition coefficient (Wildman–Crippen LogP) is 10.2. The minimum absolute atomic E-state index is 0.111. The highest BCUT2D eigenvalue weighted by Gasteiger charge is 2.35. The fraction of sp³-hybridized carbons (Fsp3) is 0.611. The van der Waals surface area contributed by atoms with Gasteiger partial charge in [0.25, 0.3) is 5.91 Å². The van der Waals surface area contributed by atoms with E-state index in [2.05, 4.69) is 18.8 Å². The van der Waals surface area contributed by atoms with Gasteiger partial charge in [0.15, 0.2) is 5.17 Å². The number of benzene rings is 2. The molecule has 42 heavy (non-hydrogen) atoms. The number of phenols is 1. The molecule has 5 nitrogen and oxygen atoms in total. The average molecular weight is 595 g/mol. The number of rotatable bonds is 17. The van der Waals surface area contributed by atoms with Gasteiger partial charge in [0, 0.05) is 11.1 Å². The standard InChI is InChI=1S/C36H54N2O3S/c1-5-6-7-8-9-10-11-12-13-14-15-16-17-21-25-36(4)26-24-30-32(41-36)28(3)27(2)31(39)33(30)42-35(37)38-34(40)29-22-19-18-20-23-29/h18-20,22-23,39H,5-17,21,24-26H2,1-4H3,(H2,37,38,40). The summed E-state index contributed by atoms with van der Waals surface area (Å²) in [6.45, 7) is 8.42. The number of carbonyl (C=O) groups excluding carboxylic acids is 1. The predicted molar refractivity (Wildman–Crippen MR) is 178 cm³/mol. The first-order chi connectivity index (χ1) is 20.3. The van der Waals surface area contributed by atoms with Crippen molar-refractivity contribution in [3.63, 3.8) is 0 Å². The van der Waals surface area contributed by atoms with Crippen LogP contribution in [-0.2, 0) is 6.42 Å². The van der Waals surface area contributed by atoms with Gasteiger partial charge in [-0.25, -0.2) is 0 Å². The van der Waals surface area contributed by atoms with Gasteiger partial charge in [0.1, 0.15) is 17.1 Å². The normalized spacial score (nSPS) is 16.7. The zero-order chi connectivity index (χ0) is 30.4. The Morgan fingerprint density at radius 1 is 0.905 bits per heavy atom. The maximum Gasteiger partial charge on any atom is 0.279 e. The van der Waals surface area contributed by atoms with Gasteiger partial charge in [-0.3, -0.25) is 4.79 Å². The summed E-state index contributed by atoms with van der Waals surface area (Å²) in [5.41, 5.74) is 9.16. The molecule has 3 rings (SSSR count). The first-order valence-electron chi connectivity index (χ1n) is 16.4. The SMILES string of the molecule is CCCCCCCCCCCCCCCCC1(C)CCc2c(c(C)c(C)c(O)c2SC(N)=NC(=O)c2ccccc2)O1. The monoisotopic (exact) mass is 594 g/mol. The van der Waals surface area contributed by atoms with Crippen LogP contribution < -0.4 is 10.5 Å². The van der Waals surface area contributed by atoms with E-state index in [0.29, 0.717) is 10.5 Å². The molecule has 1 atom stereocenters. The van der Waals surface area contributed by atoms with Crippen LogP contribution in [0.5, 0.6) is 11.5 Å². The molecule has 0 saturated heterocycles. The van der Waals surface area contributed by atoms with Gasteiger partial charge in [-0.15, -0.1) is 0 Å². The number of hydrogen-bond acceptors (Lipinski definition) is 4. The van der Waals surface area contributed by atoms with E-state index in [0.717, 1.165) is 53.5 Å². The lowest BCUT2D eigenvalue weighted by Gasteiger charge is -2.38. The van der Waals surface area contributed by atoms with Crippen LogP contribution in [0.1, 0.15) is 144 Å². The Bertz CT molecular complexity index is 1160. The van der Waals surface area contributed by atoms with E-state index in [1.54, 1.807) is 24.3 Å². The van der Waals surface area contributed by atoms with E-state index in [1.807, 2.05) is 19.9 Å². The lowest BCUT2D eigenvalue weighted by Crippen LogP contribution is -2.37. The van der Waals surface area contributed by atoms with Gasteiger partial charge in [-0.1, -0.05) is 109 Å². The van der Waals surface area contributed by atoms with Gasteiger partial charge in [-0.2, -0.15) is 4.99 Å². The van der Waals surface area contributed by atoms with Crippen molar-refractivity contribution < 1.29 is 14.6 Å². The van der Waals surface area contributed by atoms with Gasteiger partial charge in [0.2, 0.25) is 0 Å². The number of amidine groups is 1. The van der Waals surface area contributed by atoms with Crippen molar-refractivity contribution in [2.24, 2.45) is 10.7 Å². The molecule has 3 N–H and O–H groups in total. The fourth-order valence-corrected chi connectivity index (χ4v) is 6.80. The molecule has 1 aliphatic rings. The summed E-state index contributed by atoms with van der Waals surface area (Å²) in [5, 5.41) is 11.1. The van der Waals surface area contributed by atoms with E-state index in [9.17, 15) is 9.90 Å². The summed E-state index contributed by atoms with van der Waals surface area (Å²) in [6, 6.07) is 8.87. The third-order valence-electron chi connectivity index (χ3n) is 8.77. The lowest BCUT2D eigenvalue weighted by molar-refractivity contribution is 0.0514. The molecule has 0 aromatic heterocycles. The molecule has 2 aromatic rings. The second kappa shape index (κ2) is 17.6. The summed E-state index contributed by atoms with van der Waals surface area (Å²) in [5.74, 6) is 0.657. The second-order valence-corrected chi connectivity index (χ2v) is 13.4. The summed E-state index contributed by atoms with van der Waals surface area (Å²) >= 11 is 1.15. The van der Waals surface area contributed by atoms with Gasteiger partial charge >= 0.3 is 0 Å². The number of fused-ring (bicyclic) bond motifs is 1. The van der Waals surface area contributed by atoms with Crippen molar-refractivity contribution in [2.45, 2.75) is 147 Å². The van der Waals surface area contributed by atoms with Gasteiger partial charge in [-0.05, 0) is 81.5 Å². The van der Waals surface area contributed by atoms with E-state index in [4.69, 9.17) is 10.5 Å². The molecule has 232 valence electrons. The largest absolute Gasteiger partial charge is 0.506 e. The minimum Gasteiger partial charge on any atom is -0.506 e. The van der Waals surface area contributed by atoms with E-state index in [1.165, 1.54) is 89.9 Å². The number of phenolic OH excluding ortho intramolecular Hbond substituents is 1. The molecule has 0 fully saturated rings. The highest BCUT2D eigenvalue weighted by atomic mass is 32.2. The Hall–Kier alpha value is -2.47. The number of nitrogens with zero attached hydrogens (tertiary/aromatic N) is 1. The molecular formula is C36H54N2O3S. The summed E-state index contributed by atoms with van der Waals surface area (Å²) < 4.78 is 6.70. The molecule has 0 spiro atoms. The number of aromatic hydroxyl groups is 1. The fourth-order valence-electron chi connectivity index (χ4n) is 5.89. The first kappa shape index (κ1) is 34.0. The third-order valence-corrected chi connectivity index (χ3v) is 9.72. The Morgan fingerprint density at radius 2 is 1.45 bits per heavy atom. The van der Waals surface area contributed by atoms with Crippen LogP contribution in [0.4, 0.5) is 0 Å². The quantitative estimate of drug-likeness (QED) is 0.0824. The Morgan fingerprint density at radius 3 is 2.02 bits per heavy atom. The van der Waals surface area contributed by atoms with Crippen LogP contribution >= 0.6 is 11.8 Å². The van der Waals surface area contributed by atoms with Crippen LogP contribution in [0.2, 0.25) is 0 Å². The summed E-state index contributed by atoms with van der Waals surface area (Å²) in [7, 11) is 0. The van der Waals surface area contributed by atoms with E-state index in [-0.39, 0.29) is 16.5 Å². The Balaban J connectivity index is 1.46. The van der Waals surface area contributed by atoms with Crippen LogP contribution in [0.3, 0.4) is 0 Å². The Labute approximate surface area is 259 Å². The molecule has 1 heterocycles. The molecular weight excluding hydrogens is 540 g/mol. The zero-order valence-electron chi connectivity index (χ0n) is 26.6. The molecule has 6 heteroatoms. The Kier molecular flexibility index (Phi) is 14.3. The van der Waals surface area contributed by atoms with Crippen molar-refractivity contribution in [2.75, 3.05) is 0 Å². The van der Waals surface area contributed by atoms with Crippen LogP contribution in [-0.4, -0.2) is 21.8 Å². The van der Waals surface area contributed by atoms with Crippen LogP contribution in [0.25, 0.3) is 0 Å². The van der Waals surface area contributed by atoms with Crippen molar-refractivity contribution in [3.8, 4) is 11.5 Å². The van der Waals surface area contributed by atoms with Gasteiger partial charge in [0.05, 0.1) is 4.90 Å². The zero-order valence-corrected chi connectivity index (χ0v) is 27.4. The number of ether oxygens (including phenoxy) is 1. The second-order valence-electron chi connectivity index (χ2n) is 12.4. The molecule has 1 amide bonds. The number of amides is 1. The van der Waals surface area contributed by atoms with E-state index < -0.39 is 5.91 Å². The van der Waals surface area contributed by atoms with Crippen molar-refractivity contribution in [1.82, 2.24) is 0 Å². The number of carbonyl (C=O) groups is 1. The van der Waals surface area contributed by atoms with E-state index >= 15 is 0 Å². The molecule has 0 radical (unpaired) electrons. The van der Waals surface area contributed by atoms with Crippen LogP contribution in [0.15, 0.2) is 40.2 Å². The molecule has 0 saturated carbocycles. The third kappa shape index (κ3) is 10.4. The maximum absolute atomic E-state index is 12.5. The van der Waals surface area contributed by atoms with Crippen molar-refractivity contribution in [3.05, 3.63) is 52.6 Å². The highest BCUT2D eigenvalue weighted by Crippen LogP contribution is 2.48. The topological polar surface area (TPSA) is 84.9 Å². The van der Waals surface area contributed by atoms with Crippen molar-refractivity contribution >= 4 is 22.8 Å². The number of unbranched alkanes of at least 4 members (excludes halogenated alkanes) is 13. The molecule has 1 aliphatic heterocycles. The number of aliphatic imine (C=N–C) groups is 1. The number of thioether (sulfide) groups is 1. The highest BCUT2D eigenvalue weighted by molar-refractivity contribution is 8.14. The lowest BCUT2D eigenvalue weighted by atomic mass is 9.86. The summed E-state index contributed by atoms with van der Waals surface area (Å²) in [6.07, 6.45) is 21.7. The summed E-state index contributed by atoms with van der Waals surface area (Å²) in [4.78, 5) is 17.3. The first-order valence-corrected chi connectivity index (χ1v) is 17.2. The minimum atomic E-state index is -0.394. The molecule has 0 bridgehead atoms. The number of nitrogens with two attached hydrogens (primary N) is 1. The van der Waals surface area contributed by atoms with Gasteiger partial charge < -0.3 is 15.6 Å². The van der Waals surface area contributed by atoms with Crippen LogP contribution in [0, 0.1) is 13.8 Å². The average Bonchev–Trinajstić information content (AvgIpc) is 2.99. The smallest absolute Gasteiger partial charge is 0.279 e. The molecule has 0 aliphatic carbocycles. The molecule has 2 aromatic carbocycles. The maximum atomic E-state index is 12.5. The van der Waals surface area contributed by atoms with Crippen molar-refractivity contribution in [1.29, 1.82) is 0 Å².